The molecule has 4 amide bonds. The minimum absolute atomic E-state index is 0.0388. The minimum atomic E-state index is -1.01. The van der Waals surface area contributed by atoms with Crippen LogP contribution in [-0.4, -0.2) is 97.4 Å². The average Bonchev–Trinajstić information content (AvgIpc) is 3.86. The molecule has 3 N–H and O–H groups in total. The Hall–Kier alpha value is -2.48. The van der Waals surface area contributed by atoms with E-state index in [0.29, 0.717) is 13.0 Å². The second-order valence-electron chi connectivity index (χ2n) is 13.3. The Morgan fingerprint density at radius 2 is 1.77 bits per heavy atom. The largest absolute Gasteiger partial charge is 0.467 e. The summed E-state index contributed by atoms with van der Waals surface area (Å²) in [6, 6.07) is -2.00. The molecule has 2 aliphatic heterocycles. The number of allylic oxidation sites excluding steroid dienone is 1. The van der Waals surface area contributed by atoms with Gasteiger partial charge < -0.3 is 29.6 Å². The van der Waals surface area contributed by atoms with E-state index < -0.39 is 40.9 Å². The van der Waals surface area contributed by atoms with E-state index in [1.807, 2.05) is 0 Å². The zero-order valence-electron chi connectivity index (χ0n) is 27.2. The number of imide groups is 1. The Morgan fingerprint density at radius 3 is 2.34 bits per heavy atom. The van der Waals surface area contributed by atoms with E-state index >= 15 is 0 Å². The molecular weight excluding hydrogens is 590 g/mol. The summed E-state index contributed by atoms with van der Waals surface area (Å²) in [5.41, 5.74) is -0.113. The SMILES string of the molecule is COC(=O)[C@H](CSCC(=O)NC(=O)N[C@@H]1CC[C@]2(CO2)[C@@H]([C@]2(C)O[C@@H]2CC=C(C)C)[C@@H]1OC)NC(=O)CCC(=O)C(C)(C)C. The molecule has 1 aliphatic carbocycles. The molecule has 0 aromatic carbocycles. The number of hydrogen-bond donors (Lipinski definition) is 3. The van der Waals surface area contributed by atoms with Gasteiger partial charge in [0.2, 0.25) is 11.8 Å². The number of methoxy groups -OCH3 is 2. The molecule has 12 nitrogen and oxygen atoms in total. The van der Waals surface area contributed by atoms with Crippen molar-refractivity contribution in [2.75, 3.05) is 32.3 Å². The Kier molecular flexibility index (Phi) is 12.1. The van der Waals surface area contributed by atoms with E-state index in [-0.39, 0.29) is 59.9 Å². The van der Waals surface area contributed by atoms with E-state index in [9.17, 15) is 24.0 Å². The van der Waals surface area contributed by atoms with Crippen LogP contribution in [0.1, 0.15) is 73.6 Å². The third-order valence-electron chi connectivity index (χ3n) is 8.62. The zero-order valence-corrected chi connectivity index (χ0v) is 28.0. The summed E-state index contributed by atoms with van der Waals surface area (Å²) in [4.78, 5) is 62.1. The number of esters is 1. The first-order chi connectivity index (χ1) is 20.6. The van der Waals surface area contributed by atoms with Crippen LogP contribution in [0.25, 0.3) is 0 Å². The van der Waals surface area contributed by atoms with Crippen molar-refractivity contribution < 1.29 is 42.9 Å². The molecule has 3 rings (SSSR count). The van der Waals surface area contributed by atoms with Crippen molar-refractivity contribution in [2.24, 2.45) is 11.3 Å². The predicted molar refractivity (Wildman–Crippen MR) is 165 cm³/mol. The van der Waals surface area contributed by atoms with Crippen molar-refractivity contribution in [3.8, 4) is 0 Å². The number of Topliss-reactive ketones (excluding diaryl/α,β-unsaturated/α-hetero) is 1. The predicted octanol–water partition coefficient (Wildman–Crippen LogP) is 2.68. The zero-order chi connectivity index (χ0) is 32.9. The summed E-state index contributed by atoms with van der Waals surface area (Å²) in [5.74, 6) is -1.92. The fraction of sp³-hybridized carbons (Fsp3) is 0.774. The molecule has 248 valence electrons. The summed E-state index contributed by atoms with van der Waals surface area (Å²) < 4.78 is 22.9. The van der Waals surface area contributed by atoms with Gasteiger partial charge in [0.15, 0.2) is 0 Å². The Labute approximate surface area is 264 Å². The monoisotopic (exact) mass is 639 g/mol. The molecule has 3 fully saturated rings. The lowest BCUT2D eigenvalue weighted by Crippen LogP contribution is -2.60. The van der Waals surface area contributed by atoms with Gasteiger partial charge in [-0.1, -0.05) is 32.4 Å². The molecule has 0 bridgehead atoms. The maximum Gasteiger partial charge on any atom is 0.329 e. The van der Waals surface area contributed by atoms with Gasteiger partial charge in [0.05, 0.1) is 43.3 Å². The van der Waals surface area contributed by atoms with Gasteiger partial charge in [-0.15, -0.1) is 11.8 Å². The smallest absolute Gasteiger partial charge is 0.329 e. The molecule has 44 heavy (non-hydrogen) atoms. The highest BCUT2D eigenvalue weighted by molar-refractivity contribution is 8.00. The fourth-order valence-corrected chi connectivity index (χ4v) is 6.79. The quantitative estimate of drug-likeness (QED) is 0.146. The van der Waals surface area contributed by atoms with E-state index in [1.165, 1.54) is 12.7 Å². The number of amides is 4. The molecule has 1 spiro atoms. The number of ketones is 1. The lowest BCUT2D eigenvalue weighted by molar-refractivity contribution is -0.144. The number of hydrogen-bond acceptors (Lipinski definition) is 10. The number of thioether (sulfide) groups is 1. The lowest BCUT2D eigenvalue weighted by Gasteiger charge is -2.43. The summed E-state index contributed by atoms with van der Waals surface area (Å²) >= 11 is 1.07. The highest BCUT2D eigenvalue weighted by Gasteiger charge is 2.71. The van der Waals surface area contributed by atoms with Crippen LogP contribution in [0.2, 0.25) is 0 Å². The summed E-state index contributed by atoms with van der Waals surface area (Å²) in [6.45, 7) is 12.1. The van der Waals surface area contributed by atoms with Crippen LogP contribution in [0, 0.1) is 11.3 Å². The Morgan fingerprint density at radius 1 is 1.09 bits per heavy atom. The van der Waals surface area contributed by atoms with Crippen LogP contribution < -0.4 is 16.0 Å². The number of nitrogens with one attached hydrogen (secondary N) is 3. The van der Waals surface area contributed by atoms with Gasteiger partial charge >= 0.3 is 12.0 Å². The number of ether oxygens (including phenoxy) is 4. The van der Waals surface area contributed by atoms with Crippen LogP contribution in [-0.2, 0) is 38.1 Å². The van der Waals surface area contributed by atoms with Crippen LogP contribution in [0.4, 0.5) is 4.79 Å². The Balaban J connectivity index is 1.49. The van der Waals surface area contributed by atoms with E-state index in [2.05, 4.69) is 42.8 Å². The molecule has 0 aromatic heterocycles. The standard InChI is InChI=1S/C31H49N3O9S/c1-18(2)9-11-22-30(6,43-22)26-25(40-7)19(13-14-31(26)17-42-31)33-28(39)34-24(37)16-44-15-20(27(38)41-8)32-23(36)12-10-21(35)29(3,4)5/h9,19-20,22,25-26H,10-17H2,1-8H3,(H,32,36)(H2,33,34,37,39)/t19-,20+,22-,25-,26-,30-,31+/m1/s1. The molecule has 2 heterocycles. The van der Waals surface area contributed by atoms with Crippen LogP contribution in [0.5, 0.6) is 0 Å². The number of rotatable bonds is 14. The fourth-order valence-electron chi connectivity index (χ4n) is 5.96. The second-order valence-corrected chi connectivity index (χ2v) is 14.4. The molecule has 0 radical (unpaired) electrons. The summed E-state index contributed by atoms with van der Waals surface area (Å²) in [7, 11) is 2.81. The summed E-state index contributed by atoms with van der Waals surface area (Å²) in [5, 5.41) is 7.83. The van der Waals surface area contributed by atoms with Crippen molar-refractivity contribution in [2.45, 2.75) is 109 Å². The first-order valence-corrected chi connectivity index (χ1v) is 16.3. The van der Waals surface area contributed by atoms with Gasteiger partial charge in [-0.2, -0.15) is 0 Å². The molecular formula is C31H49N3O9S. The molecule has 0 aromatic rings. The molecule has 13 heteroatoms. The normalized spacial score (nSPS) is 29.6. The Bertz CT molecular complexity index is 1130. The van der Waals surface area contributed by atoms with Gasteiger partial charge in [0, 0.05) is 37.0 Å². The number of epoxide rings is 2. The number of carbonyl (C=O) groups is 5. The van der Waals surface area contributed by atoms with Crippen molar-refractivity contribution in [1.29, 1.82) is 0 Å². The van der Waals surface area contributed by atoms with E-state index in [4.69, 9.17) is 18.9 Å². The minimum Gasteiger partial charge on any atom is -0.467 e. The van der Waals surface area contributed by atoms with Crippen LogP contribution in [0.3, 0.4) is 0 Å². The van der Waals surface area contributed by atoms with Gasteiger partial charge in [-0.25, -0.2) is 9.59 Å². The topological polar surface area (TPSA) is 165 Å². The highest BCUT2D eigenvalue weighted by Crippen LogP contribution is 2.59. The van der Waals surface area contributed by atoms with Crippen molar-refractivity contribution in [1.82, 2.24) is 16.0 Å². The lowest BCUT2D eigenvalue weighted by atomic mass is 9.67. The van der Waals surface area contributed by atoms with Crippen LogP contribution >= 0.6 is 11.8 Å². The van der Waals surface area contributed by atoms with Crippen molar-refractivity contribution in [3.05, 3.63) is 11.6 Å². The molecule has 2 saturated heterocycles. The maximum absolute atomic E-state index is 12.8. The third-order valence-corrected chi connectivity index (χ3v) is 9.65. The average molecular weight is 640 g/mol. The van der Waals surface area contributed by atoms with Gasteiger partial charge in [0.25, 0.3) is 0 Å². The number of urea groups is 1. The highest BCUT2D eigenvalue weighted by atomic mass is 32.2. The second kappa shape index (κ2) is 14.7. The van der Waals surface area contributed by atoms with Crippen molar-refractivity contribution in [3.63, 3.8) is 0 Å². The van der Waals surface area contributed by atoms with Gasteiger partial charge in [0.1, 0.15) is 17.4 Å². The summed E-state index contributed by atoms with van der Waals surface area (Å²) in [6.07, 6.45) is 3.98. The van der Waals surface area contributed by atoms with Crippen molar-refractivity contribution >= 4 is 41.4 Å². The van der Waals surface area contributed by atoms with Gasteiger partial charge in [-0.3, -0.25) is 19.7 Å². The maximum atomic E-state index is 12.8. The first kappa shape index (κ1) is 36.0. The molecule has 3 aliphatic rings. The van der Waals surface area contributed by atoms with E-state index in [0.717, 1.165) is 24.6 Å². The van der Waals surface area contributed by atoms with Crippen LogP contribution in [0.15, 0.2) is 11.6 Å². The van der Waals surface area contributed by atoms with E-state index in [1.54, 1.807) is 27.9 Å². The first-order valence-electron chi connectivity index (χ1n) is 15.1. The molecule has 7 atom stereocenters. The third kappa shape index (κ3) is 9.27. The molecule has 0 unspecified atom stereocenters. The molecule has 1 saturated carbocycles. The van der Waals surface area contributed by atoms with Gasteiger partial charge in [-0.05, 0) is 40.0 Å². The number of carbonyl (C=O) groups excluding carboxylic acids is 5.